The summed E-state index contributed by atoms with van der Waals surface area (Å²) in [6, 6.07) is 6.42. The van der Waals surface area contributed by atoms with Crippen molar-refractivity contribution in [2.24, 2.45) is 5.92 Å². The zero-order valence-electron chi connectivity index (χ0n) is 13.9. The summed E-state index contributed by atoms with van der Waals surface area (Å²) in [5.74, 6) is 1.61. The second-order valence-corrected chi connectivity index (χ2v) is 6.35. The van der Waals surface area contributed by atoms with E-state index >= 15 is 0 Å². The van der Waals surface area contributed by atoms with Gasteiger partial charge in [0.25, 0.3) is 0 Å². The molecule has 118 valence electrons. The molecule has 2 atom stereocenters. The molecule has 0 aromatic heterocycles. The number of hydrogen-bond donors (Lipinski definition) is 0. The minimum Gasteiger partial charge on any atom is -0.490 e. The number of rotatable bonds is 6. The quantitative estimate of drug-likeness (QED) is 0.804. The highest BCUT2D eigenvalue weighted by atomic mass is 16.5. The molecule has 0 bridgehead atoms. The minimum absolute atomic E-state index is 0.317. The molecule has 2 rings (SSSR count). The minimum atomic E-state index is 0.317. The number of benzene rings is 1. The Bertz CT molecular complexity index is 434. The third-order valence-electron chi connectivity index (χ3n) is 4.11. The molecule has 1 aromatic carbocycles. The summed E-state index contributed by atoms with van der Waals surface area (Å²) in [5, 5.41) is 0. The summed E-state index contributed by atoms with van der Waals surface area (Å²) in [6.07, 6.45) is 3.74. The van der Waals surface area contributed by atoms with Gasteiger partial charge in [-0.15, -0.1) is 0 Å². The standard InChI is InChI=1S/C17H28N2O2/c1-18(2)14-9-15(19(3)4)11-17(10-14)21-16-7-6-13(8-16)12-20-5/h9-11,13,16H,6-8,12H2,1-5H3. The highest BCUT2D eigenvalue weighted by Crippen LogP contribution is 2.33. The first-order valence-electron chi connectivity index (χ1n) is 7.65. The lowest BCUT2D eigenvalue weighted by atomic mass is 10.1. The Morgan fingerprint density at radius 1 is 1.00 bits per heavy atom. The zero-order chi connectivity index (χ0) is 15.4. The highest BCUT2D eigenvalue weighted by molar-refractivity contribution is 5.62. The summed E-state index contributed by atoms with van der Waals surface area (Å²) in [6.45, 7) is 0.848. The van der Waals surface area contributed by atoms with Gasteiger partial charge in [-0.05, 0) is 31.2 Å². The molecule has 2 unspecified atom stereocenters. The summed E-state index contributed by atoms with van der Waals surface area (Å²) >= 11 is 0. The van der Waals surface area contributed by atoms with E-state index in [4.69, 9.17) is 9.47 Å². The summed E-state index contributed by atoms with van der Waals surface area (Å²) in [5.41, 5.74) is 2.34. The molecule has 1 aromatic rings. The topological polar surface area (TPSA) is 24.9 Å². The Hall–Kier alpha value is -1.42. The number of nitrogens with zero attached hydrogens (tertiary/aromatic N) is 2. The third-order valence-corrected chi connectivity index (χ3v) is 4.11. The van der Waals surface area contributed by atoms with Gasteiger partial charge in [-0.25, -0.2) is 0 Å². The van der Waals surface area contributed by atoms with E-state index in [1.165, 1.54) is 17.8 Å². The lowest BCUT2D eigenvalue weighted by Crippen LogP contribution is -2.16. The first-order valence-corrected chi connectivity index (χ1v) is 7.65. The van der Waals surface area contributed by atoms with Gasteiger partial charge in [0.15, 0.2) is 0 Å². The van der Waals surface area contributed by atoms with Crippen LogP contribution in [-0.4, -0.2) is 48.0 Å². The molecule has 1 fully saturated rings. The van der Waals surface area contributed by atoms with Gasteiger partial charge in [0, 0.05) is 65.4 Å². The molecule has 4 nitrogen and oxygen atoms in total. The molecule has 1 saturated carbocycles. The van der Waals surface area contributed by atoms with Crippen LogP contribution in [0.1, 0.15) is 19.3 Å². The van der Waals surface area contributed by atoms with Crippen LogP contribution in [0.4, 0.5) is 11.4 Å². The number of anilines is 2. The van der Waals surface area contributed by atoms with Gasteiger partial charge in [-0.3, -0.25) is 0 Å². The molecule has 4 heteroatoms. The predicted molar refractivity (Wildman–Crippen MR) is 88.7 cm³/mol. The number of ether oxygens (including phenoxy) is 2. The lowest BCUT2D eigenvalue weighted by Gasteiger charge is -2.21. The van der Waals surface area contributed by atoms with Gasteiger partial charge in [0.05, 0.1) is 6.10 Å². The number of hydrogen-bond acceptors (Lipinski definition) is 4. The van der Waals surface area contributed by atoms with Crippen LogP contribution >= 0.6 is 0 Å². The fraction of sp³-hybridized carbons (Fsp3) is 0.647. The SMILES string of the molecule is COCC1CCC(Oc2cc(N(C)C)cc(N(C)C)c2)C1. The van der Waals surface area contributed by atoms with Crippen molar-refractivity contribution in [3.05, 3.63) is 18.2 Å². The Morgan fingerprint density at radius 2 is 1.62 bits per heavy atom. The third kappa shape index (κ3) is 4.27. The molecule has 0 aliphatic heterocycles. The predicted octanol–water partition coefficient (Wildman–Crippen LogP) is 3.01. The Balaban J connectivity index is 2.09. The van der Waals surface area contributed by atoms with Gasteiger partial charge in [0.2, 0.25) is 0 Å². The van der Waals surface area contributed by atoms with Crippen LogP contribution in [0.2, 0.25) is 0 Å². The van der Waals surface area contributed by atoms with Crippen molar-refractivity contribution in [1.29, 1.82) is 0 Å². The molecular formula is C17H28N2O2. The van der Waals surface area contributed by atoms with Crippen molar-refractivity contribution < 1.29 is 9.47 Å². The Labute approximate surface area is 128 Å². The first kappa shape index (κ1) is 16.0. The zero-order valence-corrected chi connectivity index (χ0v) is 13.9. The molecule has 21 heavy (non-hydrogen) atoms. The smallest absolute Gasteiger partial charge is 0.123 e. The lowest BCUT2D eigenvalue weighted by molar-refractivity contribution is 0.142. The molecule has 0 spiro atoms. The second-order valence-electron chi connectivity index (χ2n) is 6.35. The Morgan fingerprint density at radius 3 is 2.14 bits per heavy atom. The van der Waals surface area contributed by atoms with Crippen LogP contribution in [0.25, 0.3) is 0 Å². The Kier molecular flexibility index (Phi) is 5.34. The van der Waals surface area contributed by atoms with Crippen molar-refractivity contribution in [2.75, 3.05) is 51.7 Å². The summed E-state index contributed by atoms with van der Waals surface area (Å²) in [4.78, 5) is 4.23. The van der Waals surface area contributed by atoms with Gasteiger partial charge in [0.1, 0.15) is 5.75 Å². The number of methoxy groups -OCH3 is 1. The van der Waals surface area contributed by atoms with E-state index < -0.39 is 0 Å². The van der Waals surface area contributed by atoms with E-state index in [0.29, 0.717) is 12.0 Å². The fourth-order valence-electron chi connectivity index (χ4n) is 2.87. The second kappa shape index (κ2) is 7.03. The van der Waals surface area contributed by atoms with Crippen LogP contribution in [0, 0.1) is 5.92 Å². The fourth-order valence-corrected chi connectivity index (χ4v) is 2.87. The summed E-state index contributed by atoms with van der Waals surface area (Å²) < 4.78 is 11.5. The van der Waals surface area contributed by atoms with Crippen molar-refractivity contribution >= 4 is 11.4 Å². The van der Waals surface area contributed by atoms with Crippen molar-refractivity contribution in [2.45, 2.75) is 25.4 Å². The van der Waals surface area contributed by atoms with Crippen LogP contribution in [0.5, 0.6) is 5.75 Å². The average Bonchev–Trinajstić information content (AvgIpc) is 2.86. The van der Waals surface area contributed by atoms with Crippen molar-refractivity contribution in [3.8, 4) is 5.75 Å². The molecule has 1 aliphatic rings. The molecule has 0 amide bonds. The molecular weight excluding hydrogens is 264 g/mol. The van der Waals surface area contributed by atoms with Crippen molar-refractivity contribution in [1.82, 2.24) is 0 Å². The normalized spacial score (nSPS) is 21.4. The maximum Gasteiger partial charge on any atom is 0.123 e. The van der Waals surface area contributed by atoms with Gasteiger partial charge >= 0.3 is 0 Å². The molecule has 0 N–H and O–H groups in total. The van der Waals surface area contributed by atoms with E-state index in [9.17, 15) is 0 Å². The molecule has 1 aliphatic carbocycles. The van der Waals surface area contributed by atoms with E-state index in [0.717, 1.165) is 25.2 Å². The van der Waals surface area contributed by atoms with Crippen LogP contribution in [-0.2, 0) is 4.74 Å². The molecule has 0 saturated heterocycles. The van der Waals surface area contributed by atoms with Crippen LogP contribution < -0.4 is 14.5 Å². The maximum absolute atomic E-state index is 6.22. The maximum atomic E-state index is 6.22. The van der Waals surface area contributed by atoms with E-state index in [1.807, 2.05) is 0 Å². The van der Waals surface area contributed by atoms with Gasteiger partial charge < -0.3 is 19.3 Å². The monoisotopic (exact) mass is 292 g/mol. The van der Waals surface area contributed by atoms with Crippen LogP contribution in [0.15, 0.2) is 18.2 Å². The molecule has 0 radical (unpaired) electrons. The van der Waals surface area contributed by atoms with E-state index in [2.05, 4.69) is 56.2 Å². The highest BCUT2D eigenvalue weighted by Gasteiger charge is 2.26. The van der Waals surface area contributed by atoms with E-state index in [1.54, 1.807) is 7.11 Å². The first-order chi connectivity index (χ1) is 9.99. The molecule has 0 heterocycles. The largest absolute Gasteiger partial charge is 0.490 e. The van der Waals surface area contributed by atoms with Crippen LogP contribution in [0.3, 0.4) is 0 Å². The van der Waals surface area contributed by atoms with E-state index in [-0.39, 0.29) is 0 Å². The summed E-state index contributed by atoms with van der Waals surface area (Å²) in [7, 11) is 10.0. The average molecular weight is 292 g/mol. The van der Waals surface area contributed by atoms with Gasteiger partial charge in [-0.1, -0.05) is 0 Å². The van der Waals surface area contributed by atoms with Crippen molar-refractivity contribution in [3.63, 3.8) is 0 Å². The van der Waals surface area contributed by atoms with Gasteiger partial charge in [-0.2, -0.15) is 0 Å².